The van der Waals surface area contributed by atoms with Crippen LogP contribution in [0.5, 0.6) is 0 Å². The minimum atomic E-state index is 1.08. The van der Waals surface area contributed by atoms with Gasteiger partial charge in [-0.05, 0) is 118 Å². The van der Waals surface area contributed by atoms with Gasteiger partial charge in [0, 0.05) is 54.3 Å². The molecule has 0 unspecified atom stereocenters. The summed E-state index contributed by atoms with van der Waals surface area (Å²) in [7, 11) is 0. The van der Waals surface area contributed by atoms with E-state index in [1.165, 1.54) is 52.8 Å². The average molecular weight is 695 g/mol. The first-order valence-electron chi connectivity index (χ1n) is 18.0. The summed E-state index contributed by atoms with van der Waals surface area (Å²) in [4.78, 5) is 4.72. The van der Waals surface area contributed by atoms with Gasteiger partial charge in [-0.1, -0.05) is 121 Å². The smallest absolute Gasteiger partial charge is 0.0482 e. The van der Waals surface area contributed by atoms with E-state index in [2.05, 4.69) is 216 Å². The Kier molecular flexibility index (Phi) is 7.71. The Morgan fingerprint density at radius 3 is 1.47 bits per heavy atom. The highest BCUT2D eigenvalue weighted by Gasteiger charge is 2.18. The predicted octanol–water partition coefficient (Wildman–Crippen LogP) is 15.0. The summed E-state index contributed by atoms with van der Waals surface area (Å²) in [6, 6.07) is 74.6. The lowest BCUT2D eigenvalue weighted by Crippen LogP contribution is -2.13. The van der Waals surface area contributed by atoms with Gasteiger partial charge in [-0.2, -0.15) is 0 Å². The molecule has 0 amide bonds. The molecule has 1 heterocycles. The minimum absolute atomic E-state index is 1.08. The summed E-state index contributed by atoms with van der Waals surface area (Å²) in [6.07, 6.45) is 0. The Hall–Kier alpha value is -6.68. The van der Waals surface area contributed by atoms with Crippen molar-refractivity contribution in [3.05, 3.63) is 206 Å². The number of thiophene rings is 1. The van der Waals surface area contributed by atoms with Gasteiger partial charge in [0.15, 0.2) is 0 Å². The van der Waals surface area contributed by atoms with Crippen molar-refractivity contribution >= 4 is 87.2 Å². The van der Waals surface area contributed by atoms with Crippen molar-refractivity contribution in [3.63, 3.8) is 0 Å². The van der Waals surface area contributed by atoms with Gasteiger partial charge < -0.3 is 9.80 Å². The molecule has 1 aromatic heterocycles. The van der Waals surface area contributed by atoms with E-state index in [1.54, 1.807) is 0 Å². The van der Waals surface area contributed by atoms with E-state index in [4.69, 9.17) is 0 Å². The summed E-state index contributed by atoms with van der Waals surface area (Å²) in [6.45, 7) is 0. The molecule has 0 aliphatic rings. The van der Waals surface area contributed by atoms with Gasteiger partial charge in [0.2, 0.25) is 0 Å². The van der Waals surface area contributed by atoms with Gasteiger partial charge in [-0.15, -0.1) is 11.3 Å². The van der Waals surface area contributed by atoms with E-state index in [0.29, 0.717) is 0 Å². The molecule has 9 aromatic carbocycles. The lowest BCUT2D eigenvalue weighted by Gasteiger charge is -2.29. The number of rotatable bonds is 7. The first-order chi connectivity index (χ1) is 26.3. The number of anilines is 6. The molecule has 0 radical (unpaired) electrons. The van der Waals surface area contributed by atoms with Crippen molar-refractivity contribution in [1.29, 1.82) is 0 Å². The standard InChI is InChI=1S/C50H34N2S/c1-4-13-35(14-5-1)36-25-28-41(29-26-36)52(43-20-12-19-42(32-43)51(39-15-6-2-7-16-39)40-17-8-3-9-18-40)44-30-27-37-23-24-38-31-48-45-21-10-11-22-49(45)53-50(48)34-47(38)46(37)33-44/h1-34H. The largest absolute Gasteiger partial charge is 0.310 e. The SMILES string of the molecule is c1ccc(-c2ccc(N(c3cccc(N(c4ccccc4)c4ccccc4)c3)c3ccc4ccc5cc6c(cc5c4c3)sc3ccccc36)cc2)cc1. The van der Waals surface area contributed by atoms with E-state index in [0.717, 1.165) is 34.1 Å². The maximum Gasteiger partial charge on any atom is 0.0482 e. The highest BCUT2D eigenvalue weighted by molar-refractivity contribution is 7.25. The van der Waals surface area contributed by atoms with E-state index in [9.17, 15) is 0 Å². The molecule has 0 saturated heterocycles. The maximum absolute atomic E-state index is 2.40. The summed E-state index contributed by atoms with van der Waals surface area (Å²) in [5.41, 5.74) is 9.00. The number of benzene rings is 9. The molecule has 0 fully saturated rings. The third-order valence-electron chi connectivity index (χ3n) is 10.2. The molecule has 0 spiro atoms. The van der Waals surface area contributed by atoms with Gasteiger partial charge >= 0.3 is 0 Å². The molecular weight excluding hydrogens is 661 g/mol. The molecule has 0 aliphatic heterocycles. The third-order valence-corrected chi connectivity index (χ3v) is 11.3. The molecule has 0 bridgehead atoms. The van der Waals surface area contributed by atoms with Crippen molar-refractivity contribution in [2.45, 2.75) is 0 Å². The number of hydrogen-bond acceptors (Lipinski definition) is 3. The zero-order valence-electron chi connectivity index (χ0n) is 28.9. The molecule has 3 heteroatoms. The second-order valence-corrected chi connectivity index (χ2v) is 14.5. The van der Waals surface area contributed by atoms with Crippen molar-refractivity contribution in [2.75, 3.05) is 9.80 Å². The van der Waals surface area contributed by atoms with Crippen LogP contribution in [0.15, 0.2) is 206 Å². The Balaban J connectivity index is 1.16. The van der Waals surface area contributed by atoms with Gasteiger partial charge in [0.1, 0.15) is 0 Å². The zero-order valence-corrected chi connectivity index (χ0v) is 29.7. The van der Waals surface area contributed by atoms with Crippen LogP contribution >= 0.6 is 11.3 Å². The number of hydrogen-bond donors (Lipinski definition) is 0. The quantitative estimate of drug-likeness (QED) is 0.153. The van der Waals surface area contributed by atoms with Gasteiger partial charge in [0.05, 0.1) is 0 Å². The summed E-state index contributed by atoms with van der Waals surface area (Å²) >= 11 is 1.87. The molecular formula is C50H34N2S. The van der Waals surface area contributed by atoms with Crippen molar-refractivity contribution in [3.8, 4) is 11.1 Å². The fraction of sp³-hybridized carbons (Fsp3) is 0. The molecule has 0 atom stereocenters. The Bertz CT molecular complexity index is 2840. The van der Waals surface area contributed by atoms with E-state index < -0.39 is 0 Å². The van der Waals surface area contributed by atoms with Crippen LogP contribution < -0.4 is 9.80 Å². The highest BCUT2D eigenvalue weighted by Crippen LogP contribution is 2.43. The predicted molar refractivity (Wildman–Crippen MR) is 229 cm³/mol. The first-order valence-corrected chi connectivity index (χ1v) is 18.8. The Labute approximate surface area is 313 Å². The Morgan fingerprint density at radius 1 is 0.264 bits per heavy atom. The van der Waals surface area contributed by atoms with Crippen LogP contribution in [0.2, 0.25) is 0 Å². The van der Waals surface area contributed by atoms with E-state index in [1.807, 2.05) is 11.3 Å². The van der Waals surface area contributed by atoms with Crippen molar-refractivity contribution in [2.24, 2.45) is 0 Å². The molecule has 2 nitrogen and oxygen atoms in total. The third kappa shape index (κ3) is 5.68. The lowest BCUT2D eigenvalue weighted by molar-refractivity contribution is 1.25. The van der Waals surface area contributed by atoms with Crippen LogP contribution in [0.3, 0.4) is 0 Å². The molecule has 10 aromatic rings. The van der Waals surface area contributed by atoms with Crippen LogP contribution in [0.25, 0.3) is 52.8 Å². The number of nitrogens with zero attached hydrogens (tertiary/aromatic N) is 2. The Morgan fingerprint density at radius 2 is 0.755 bits per heavy atom. The molecule has 53 heavy (non-hydrogen) atoms. The van der Waals surface area contributed by atoms with Crippen LogP contribution in [0, 0.1) is 0 Å². The molecule has 0 saturated carbocycles. The van der Waals surface area contributed by atoms with Crippen LogP contribution in [0.4, 0.5) is 34.1 Å². The molecule has 10 rings (SSSR count). The van der Waals surface area contributed by atoms with E-state index >= 15 is 0 Å². The van der Waals surface area contributed by atoms with Crippen LogP contribution in [0.1, 0.15) is 0 Å². The fourth-order valence-electron chi connectivity index (χ4n) is 7.65. The number of fused-ring (bicyclic) bond motifs is 6. The number of para-hydroxylation sites is 2. The summed E-state index contributed by atoms with van der Waals surface area (Å²) < 4.78 is 2.65. The van der Waals surface area contributed by atoms with Crippen molar-refractivity contribution in [1.82, 2.24) is 0 Å². The average Bonchev–Trinajstić information content (AvgIpc) is 3.59. The molecule has 0 aliphatic carbocycles. The van der Waals surface area contributed by atoms with Gasteiger partial charge in [-0.3, -0.25) is 0 Å². The van der Waals surface area contributed by atoms with Crippen LogP contribution in [-0.4, -0.2) is 0 Å². The lowest BCUT2D eigenvalue weighted by atomic mass is 9.99. The topological polar surface area (TPSA) is 6.48 Å². The monoisotopic (exact) mass is 694 g/mol. The highest BCUT2D eigenvalue weighted by atomic mass is 32.1. The fourth-order valence-corrected chi connectivity index (χ4v) is 8.78. The second kappa shape index (κ2) is 13.1. The first kappa shape index (κ1) is 31.1. The van der Waals surface area contributed by atoms with Crippen LogP contribution in [-0.2, 0) is 0 Å². The van der Waals surface area contributed by atoms with Gasteiger partial charge in [-0.25, -0.2) is 0 Å². The minimum Gasteiger partial charge on any atom is -0.310 e. The maximum atomic E-state index is 2.40. The van der Waals surface area contributed by atoms with E-state index in [-0.39, 0.29) is 0 Å². The molecule has 0 N–H and O–H groups in total. The second-order valence-electron chi connectivity index (χ2n) is 13.4. The summed E-state index contributed by atoms with van der Waals surface area (Å²) in [5.74, 6) is 0. The summed E-state index contributed by atoms with van der Waals surface area (Å²) in [5, 5.41) is 7.66. The zero-order chi connectivity index (χ0) is 35.1. The van der Waals surface area contributed by atoms with Crippen molar-refractivity contribution < 1.29 is 0 Å². The normalized spacial score (nSPS) is 11.4. The van der Waals surface area contributed by atoms with Gasteiger partial charge in [0.25, 0.3) is 0 Å². The molecule has 250 valence electrons.